The Kier molecular flexibility index (Phi) is 40.0. The number of esters is 1. The molecule has 0 radical (unpaired) electrons. The number of hydrogen-bond acceptors (Lipinski definition) is 20. The number of carbonyl (C=O) groups is 7. The van der Waals surface area contributed by atoms with Gasteiger partial charge in [0.2, 0.25) is 5.76 Å². The Bertz CT molecular complexity index is 897. The monoisotopic (exact) mass is 728 g/mol. The number of carboxylic acid groups (broad SMARTS) is 6. The van der Waals surface area contributed by atoms with Crippen molar-refractivity contribution in [2.75, 3.05) is 6.61 Å². The average Bonchev–Trinajstić information content (AvgIpc) is 2.99. The molecule has 26 heteroatoms. The Hall–Kier alpha value is -0.871. The van der Waals surface area contributed by atoms with Gasteiger partial charge in [-0.2, -0.15) is 0 Å². The molecule has 0 aliphatic carbocycles. The molecule has 23 nitrogen and oxygen atoms in total. The number of ether oxygens (including phenoxy) is 1. The quantitative estimate of drug-likeness (QED) is 0.0802. The molecule has 0 saturated carbocycles. The zero-order valence-corrected chi connectivity index (χ0v) is 28.8. The van der Waals surface area contributed by atoms with Gasteiger partial charge in [-0.05, 0) is 0 Å². The van der Waals surface area contributed by atoms with Crippen LogP contribution in [0.4, 0.5) is 0 Å². The van der Waals surface area contributed by atoms with Gasteiger partial charge in [-0.15, -0.1) is 0 Å². The van der Waals surface area contributed by atoms with Crippen LogP contribution >= 0.6 is 0 Å². The number of rotatable bonds is 12. The van der Waals surface area contributed by atoms with E-state index in [1.54, 1.807) is 0 Å². The molecule has 0 bridgehead atoms. The van der Waals surface area contributed by atoms with E-state index >= 15 is 0 Å². The maximum atomic E-state index is 10.5. The number of aliphatic hydroxyl groups is 6. The summed E-state index contributed by atoms with van der Waals surface area (Å²) < 4.78 is 4.32. The zero-order valence-electron chi connectivity index (χ0n) is 22.2. The second kappa shape index (κ2) is 28.4. The fraction of sp³-hybridized carbons (Fsp3) is 0.500. The summed E-state index contributed by atoms with van der Waals surface area (Å²) in [7, 11) is 0. The number of carboxylic acids is 6. The van der Waals surface area contributed by atoms with Gasteiger partial charge < -0.3 is 111 Å². The van der Waals surface area contributed by atoms with Gasteiger partial charge in [0.05, 0.1) is 18.5 Å². The fourth-order valence-electron chi connectivity index (χ4n) is 2.19. The summed E-state index contributed by atoms with van der Waals surface area (Å²) in [6, 6.07) is 0. The third kappa shape index (κ3) is 23.5. The molecule has 0 spiro atoms. The topological polar surface area (TPSA) is 483 Å². The molecule has 0 saturated heterocycles. The summed E-state index contributed by atoms with van der Waals surface area (Å²) >= 11 is 0. The van der Waals surface area contributed by atoms with Crippen LogP contribution in [0.5, 0.6) is 0 Å². The molecule has 0 amide bonds. The van der Waals surface area contributed by atoms with Gasteiger partial charge in [0.25, 0.3) is 0 Å². The summed E-state index contributed by atoms with van der Waals surface area (Å²) in [6.07, 6.45) is -8.21. The van der Waals surface area contributed by atoms with Crippen LogP contribution in [0, 0.1) is 0 Å². The molecule has 0 aromatic rings. The maximum absolute atomic E-state index is 10.5. The molecule has 0 aromatic heterocycles. The minimum absolute atomic E-state index is 0. The Morgan fingerprint density at radius 2 is 0.932 bits per heavy atom. The van der Waals surface area contributed by atoms with Crippen LogP contribution in [0.1, 0.15) is 25.7 Å². The fourth-order valence-corrected chi connectivity index (χ4v) is 2.19. The van der Waals surface area contributed by atoms with Crippen molar-refractivity contribution in [3.63, 3.8) is 0 Å². The summed E-state index contributed by atoms with van der Waals surface area (Å²) in [5.41, 5.74) is -5.95. The van der Waals surface area contributed by atoms with E-state index in [9.17, 15) is 64.2 Å². The molecular weight excluding hydrogens is 704 g/mol. The molecule has 1 rings (SSSR count). The van der Waals surface area contributed by atoms with Crippen molar-refractivity contribution >= 4 is 155 Å². The van der Waals surface area contributed by atoms with Gasteiger partial charge in [0, 0.05) is 49.6 Å². The molecule has 1 unspecified atom stereocenters. The van der Waals surface area contributed by atoms with E-state index in [0.29, 0.717) is 0 Å². The third-order valence-corrected chi connectivity index (χ3v) is 3.98. The molecule has 12 N–H and O–H groups in total. The number of carbonyl (C=O) groups excluding carboxylic acids is 7. The molecule has 0 aromatic carbocycles. The van der Waals surface area contributed by atoms with E-state index in [0.717, 1.165) is 0 Å². The van der Waals surface area contributed by atoms with Gasteiger partial charge in [-0.1, -0.05) is 0 Å². The van der Waals surface area contributed by atoms with Crippen molar-refractivity contribution in [1.82, 2.24) is 0 Å². The van der Waals surface area contributed by atoms with Gasteiger partial charge in [-0.3, -0.25) is 0 Å². The van der Waals surface area contributed by atoms with Crippen molar-refractivity contribution in [2.45, 2.75) is 49.1 Å². The van der Waals surface area contributed by atoms with Crippen molar-refractivity contribution in [3.05, 3.63) is 11.5 Å². The van der Waals surface area contributed by atoms with E-state index in [1.165, 1.54) is 0 Å². The molecular formula is C18H24Ca3O23. The Labute approximate surface area is 334 Å². The molecule has 44 heavy (non-hydrogen) atoms. The first-order valence-corrected chi connectivity index (χ1v) is 9.42. The zero-order chi connectivity index (χ0) is 30.6. The number of aliphatic carboxylic acids is 6. The van der Waals surface area contributed by atoms with Crippen LogP contribution in [0.2, 0.25) is 0 Å². The van der Waals surface area contributed by atoms with E-state index in [-0.39, 0.29) is 130 Å². The number of hydrogen-bond donors (Lipinski definition) is 6. The van der Waals surface area contributed by atoms with Crippen LogP contribution in [0.25, 0.3) is 0 Å². The van der Waals surface area contributed by atoms with Crippen molar-refractivity contribution < 1.29 is 116 Å². The van der Waals surface area contributed by atoms with Crippen LogP contribution in [-0.2, 0) is 38.3 Å². The van der Waals surface area contributed by atoms with Crippen LogP contribution in [0.3, 0.4) is 0 Å². The summed E-state index contributed by atoms with van der Waals surface area (Å²) in [5, 5.41) is 113. The minimum Gasteiger partial charge on any atom is -0.550 e. The van der Waals surface area contributed by atoms with E-state index in [2.05, 4.69) is 4.74 Å². The van der Waals surface area contributed by atoms with Gasteiger partial charge in [0.15, 0.2) is 11.9 Å². The Balaban J connectivity index is -0.0000000690. The SMILES string of the molecule is O.O.O.O=C([O-])CC(O)(CC(=O)[O-])C(=O)[O-].O=C([O-])CC(O)(CC(=O)[O-])C(=O)[O-].O=C1OC([C@@H](O)CO)C(O)=C1O.[Ca+2].[Ca+2].[Ca+2]. The van der Waals surface area contributed by atoms with Crippen LogP contribution in [0.15, 0.2) is 11.5 Å². The molecule has 240 valence electrons. The van der Waals surface area contributed by atoms with Crippen molar-refractivity contribution in [2.24, 2.45) is 0 Å². The number of cyclic esters (lactones) is 1. The Morgan fingerprint density at radius 3 is 1.07 bits per heavy atom. The van der Waals surface area contributed by atoms with E-state index in [4.69, 9.17) is 30.6 Å². The average molecular weight is 729 g/mol. The summed E-state index contributed by atoms with van der Waals surface area (Å²) in [5.74, 6) is -14.7. The van der Waals surface area contributed by atoms with Gasteiger partial charge in [-0.25, -0.2) is 4.79 Å². The van der Waals surface area contributed by atoms with E-state index < -0.39 is 109 Å². The smallest absolute Gasteiger partial charge is 0.550 e. The molecule has 1 heterocycles. The molecule has 0 fully saturated rings. The van der Waals surface area contributed by atoms with Crippen LogP contribution < -0.4 is 30.6 Å². The summed E-state index contributed by atoms with van der Waals surface area (Å²) in [4.78, 5) is 70.5. The molecule has 1 aliphatic heterocycles. The first-order valence-electron chi connectivity index (χ1n) is 9.42. The Morgan fingerprint density at radius 1 is 0.682 bits per heavy atom. The van der Waals surface area contributed by atoms with Crippen LogP contribution in [-0.4, -0.2) is 232 Å². The van der Waals surface area contributed by atoms with Gasteiger partial charge >= 0.3 is 119 Å². The predicted octanol–water partition coefficient (Wildman–Crippen LogP) is -15.5. The standard InChI is InChI=1S/2C6H8O7.C6H8O6.3Ca.3H2O/c2*7-3(8)1-6(13,5(11)12)2-4(9)10;7-1-2(8)5-3(9)4(10)6(11)12-5;;;;;;/h2*13H,1-2H2,(H,7,8)(H,9,10)(H,11,12);2,5,7-10H,1H2;;;;3*1H2/q;;;3*+2;;;/p-6/t;;2-,5?;;;;;;/m..0....../s1. The van der Waals surface area contributed by atoms with Gasteiger partial charge in [0.1, 0.15) is 17.3 Å². The molecule has 1 aliphatic rings. The maximum Gasteiger partial charge on any atom is 2.00 e. The minimum atomic E-state index is -2.97. The van der Waals surface area contributed by atoms with E-state index in [1.807, 2.05) is 0 Å². The predicted molar refractivity (Wildman–Crippen MR) is 122 cm³/mol. The summed E-state index contributed by atoms with van der Waals surface area (Å²) in [6.45, 7) is -0.671. The van der Waals surface area contributed by atoms with Crippen molar-refractivity contribution in [3.8, 4) is 0 Å². The molecule has 2 atom stereocenters. The first-order chi connectivity index (χ1) is 17.1. The normalized spacial score (nSPS) is 13.5. The van der Waals surface area contributed by atoms with Crippen molar-refractivity contribution in [1.29, 1.82) is 0 Å². The first kappa shape index (κ1) is 62.0. The second-order valence-electron chi connectivity index (χ2n) is 7.14. The second-order valence-corrected chi connectivity index (χ2v) is 7.14. The number of aliphatic hydroxyl groups excluding tert-OH is 4. The largest absolute Gasteiger partial charge is 2.00 e. The third-order valence-electron chi connectivity index (χ3n) is 3.98.